The number of hydrogen-bond acceptors (Lipinski definition) is 6. The number of H-pyrrole nitrogens is 1. The number of aromatic amines is 1. The van der Waals surface area contributed by atoms with Crippen molar-refractivity contribution in [2.75, 3.05) is 6.54 Å². The topological polar surface area (TPSA) is 114 Å². The highest BCUT2D eigenvalue weighted by atomic mass is 16.5. The number of hydrogen-bond donors (Lipinski definition) is 3. The maximum absolute atomic E-state index is 9.48. The molecule has 2 aromatic heterocycles. The number of nitrogens with zero attached hydrogens (tertiary/aromatic N) is 3. The third-order valence-corrected chi connectivity index (χ3v) is 2.76. The average molecular weight is 259 g/mol. The number of fused-ring (bicyclic) bond motifs is 1. The molecule has 1 aromatic carbocycles. The van der Waals surface area contributed by atoms with E-state index in [9.17, 15) is 5.11 Å². The Labute approximate surface area is 108 Å². The number of para-hydroxylation sites is 2. The Morgan fingerprint density at radius 3 is 2.95 bits per heavy atom. The van der Waals surface area contributed by atoms with Crippen molar-refractivity contribution >= 4 is 11.0 Å². The summed E-state index contributed by atoms with van der Waals surface area (Å²) in [5.74, 6) is 1.34. The van der Waals surface area contributed by atoms with Gasteiger partial charge in [-0.2, -0.15) is 4.98 Å². The molecule has 98 valence electrons. The molecule has 0 aliphatic carbocycles. The first kappa shape index (κ1) is 11.8. The van der Waals surface area contributed by atoms with Gasteiger partial charge in [0.25, 0.3) is 5.89 Å². The standard InChI is InChI=1S/C12H13N5O2/c13-6-9(18)12-16-11(17-19-12)5-10-14-7-3-1-2-4-8(7)15-10/h1-4,9,18H,5-6,13H2,(H,14,15). The minimum Gasteiger partial charge on any atom is -0.382 e. The molecule has 1 atom stereocenters. The van der Waals surface area contributed by atoms with Gasteiger partial charge in [0.15, 0.2) is 5.82 Å². The van der Waals surface area contributed by atoms with E-state index in [0.29, 0.717) is 12.2 Å². The van der Waals surface area contributed by atoms with Crippen molar-refractivity contribution in [3.05, 3.63) is 41.8 Å². The van der Waals surface area contributed by atoms with E-state index in [1.165, 1.54) is 0 Å². The lowest BCUT2D eigenvalue weighted by atomic mass is 10.3. The molecular weight excluding hydrogens is 246 g/mol. The molecule has 7 heteroatoms. The smallest absolute Gasteiger partial charge is 0.256 e. The lowest BCUT2D eigenvalue weighted by molar-refractivity contribution is 0.141. The van der Waals surface area contributed by atoms with E-state index in [4.69, 9.17) is 10.3 Å². The summed E-state index contributed by atoms with van der Waals surface area (Å²) >= 11 is 0. The van der Waals surface area contributed by atoms with Crippen LogP contribution in [0.1, 0.15) is 23.6 Å². The maximum Gasteiger partial charge on any atom is 0.256 e. The number of imidazole rings is 1. The molecule has 4 N–H and O–H groups in total. The number of aromatic nitrogens is 4. The first-order chi connectivity index (χ1) is 9.26. The summed E-state index contributed by atoms with van der Waals surface area (Å²) in [7, 11) is 0. The van der Waals surface area contributed by atoms with Crippen molar-refractivity contribution in [1.82, 2.24) is 20.1 Å². The van der Waals surface area contributed by atoms with E-state index in [-0.39, 0.29) is 12.4 Å². The quantitative estimate of drug-likeness (QED) is 0.629. The van der Waals surface area contributed by atoms with Crippen LogP contribution in [0.4, 0.5) is 0 Å². The molecule has 2 heterocycles. The first-order valence-electron chi connectivity index (χ1n) is 5.90. The summed E-state index contributed by atoms with van der Waals surface area (Å²) < 4.78 is 4.93. The number of rotatable bonds is 4. The van der Waals surface area contributed by atoms with Crippen LogP contribution in [0.3, 0.4) is 0 Å². The third kappa shape index (κ3) is 2.33. The van der Waals surface area contributed by atoms with E-state index in [1.807, 2.05) is 24.3 Å². The molecule has 3 aromatic rings. The van der Waals surface area contributed by atoms with Crippen LogP contribution in [-0.2, 0) is 6.42 Å². The largest absolute Gasteiger partial charge is 0.382 e. The molecule has 0 saturated carbocycles. The van der Waals surface area contributed by atoms with Crippen molar-refractivity contribution in [1.29, 1.82) is 0 Å². The van der Waals surface area contributed by atoms with Gasteiger partial charge >= 0.3 is 0 Å². The van der Waals surface area contributed by atoms with Gasteiger partial charge in [0.05, 0.1) is 17.5 Å². The summed E-state index contributed by atoms with van der Waals surface area (Å²) in [5, 5.41) is 13.3. The molecule has 19 heavy (non-hydrogen) atoms. The number of nitrogens with one attached hydrogen (secondary N) is 1. The molecule has 1 unspecified atom stereocenters. The zero-order valence-electron chi connectivity index (χ0n) is 10.1. The Morgan fingerprint density at radius 1 is 1.32 bits per heavy atom. The SMILES string of the molecule is NCC(O)c1nc(Cc2nc3ccccc3[nH]2)no1. The monoisotopic (exact) mass is 259 g/mol. The third-order valence-electron chi connectivity index (χ3n) is 2.76. The molecule has 0 fully saturated rings. The molecule has 0 radical (unpaired) electrons. The van der Waals surface area contributed by atoms with Crippen LogP contribution in [0.5, 0.6) is 0 Å². The van der Waals surface area contributed by atoms with Gasteiger partial charge < -0.3 is 20.3 Å². The van der Waals surface area contributed by atoms with E-state index in [1.54, 1.807) is 0 Å². The lowest BCUT2D eigenvalue weighted by Gasteiger charge is -1.97. The van der Waals surface area contributed by atoms with E-state index in [0.717, 1.165) is 16.9 Å². The summed E-state index contributed by atoms with van der Waals surface area (Å²) in [5.41, 5.74) is 7.17. The van der Waals surface area contributed by atoms with Crippen molar-refractivity contribution in [3.8, 4) is 0 Å². The van der Waals surface area contributed by atoms with Gasteiger partial charge in [-0.3, -0.25) is 0 Å². The second kappa shape index (κ2) is 4.79. The Morgan fingerprint density at radius 2 is 2.16 bits per heavy atom. The Bertz CT molecular complexity index is 657. The minimum atomic E-state index is -0.920. The van der Waals surface area contributed by atoms with Crippen LogP contribution in [0.15, 0.2) is 28.8 Å². The molecule has 0 aliphatic rings. The summed E-state index contributed by atoms with van der Waals surface area (Å²) in [6, 6.07) is 7.74. The van der Waals surface area contributed by atoms with Crippen LogP contribution in [-0.4, -0.2) is 31.8 Å². The zero-order valence-corrected chi connectivity index (χ0v) is 10.1. The highest BCUT2D eigenvalue weighted by molar-refractivity contribution is 5.74. The van der Waals surface area contributed by atoms with Crippen LogP contribution in [0.25, 0.3) is 11.0 Å². The Balaban J connectivity index is 1.82. The number of aliphatic hydroxyl groups is 1. The van der Waals surface area contributed by atoms with Gasteiger partial charge in [0, 0.05) is 6.54 Å². The van der Waals surface area contributed by atoms with Crippen LogP contribution < -0.4 is 5.73 Å². The normalized spacial score (nSPS) is 12.9. The van der Waals surface area contributed by atoms with Crippen molar-refractivity contribution in [3.63, 3.8) is 0 Å². The molecular formula is C12H13N5O2. The van der Waals surface area contributed by atoms with Gasteiger partial charge in [0.2, 0.25) is 0 Å². The molecule has 0 bridgehead atoms. The van der Waals surface area contributed by atoms with Gasteiger partial charge in [-0.25, -0.2) is 4.98 Å². The van der Waals surface area contributed by atoms with E-state index < -0.39 is 6.10 Å². The molecule has 7 nitrogen and oxygen atoms in total. The lowest BCUT2D eigenvalue weighted by Crippen LogP contribution is -2.11. The minimum absolute atomic E-state index is 0.0479. The average Bonchev–Trinajstić information content (AvgIpc) is 3.04. The predicted octanol–water partition coefficient (Wildman–Crippen LogP) is 0.529. The van der Waals surface area contributed by atoms with E-state index >= 15 is 0 Å². The number of benzene rings is 1. The molecule has 3 rings (SSSR count). The fraction of sp³-hybridized carbons (Fsp3) is 0.250. The van der Waals surface area contributed by atoms with Gasteiger partial charge in [0.1, 0.15) is 11.9 Å². The fourth-order valence-corrected chi connectivity index (χ4v) is 1.81. The molecule has 0 saturated heterocycles. The molecule has 0 aliphatic heterocycles. The van der Waals surface area contributed by atoms with Gasteiger partial charge in [-0.1, -0.05) is 17.3 Å². The second-order valence-electron chi connectivity index (χ2n) is 4.18. The molecule has 0 spiro atoms. The number of nitrogens with two attached hydrogens (primary N) is 1. The Hall–Kier alpha value is -2.25. The Kier molecular flexibility index (Phi) is 2.98. The number of aliphatic hydroxyl groups excluding tert-OH is 1. The first-order valence-corrected chi connectivity index (χ1v) is 5.90. The van der Waals surface area contributed by atoms with Crippen LogP contribution >= 0.6 is 0 Å². The predicted molar refractivity (Wildman–Crippen MR) is 67.2 cm³/mol. The van der Waals surface area contributed by atoms with E-state index in [2.05, 4.69) is 20.1 Å². The molecule has 0 amide bonds. The summed E-state index contributed by atoms with van der Waals surface area (Å²) in [6.45, 7) is 0.0479. The zero-order chi connectivity index (χ0) is 13.2. The van der Waals surface area contributed by atoms with Gasteiger partial charge in [-0.15, -0.1) is 0 Å². The highest BCUT2D eigenvalue weighted by Gasteiger charge is 2.15. The van der Waals surface area contributed by atoms with Crippen LogP contribution in [0, 0.1) is 0 Å². The van der Waals surface area contributed by atoms with Crippen molar-refractivity contribution in [2.24, 2.45) is 5.73 Å². The van der Waals surface area contributed by atoms with Crippen molar-refractivity contribution < 1.29 is 9.63 Å². The summed E-state index contributed by atoms with van der Waals surface area (Å²) in [4.78, 5) is 11.7. The van der Waals surface area contributed by atoms with Crippen molar-refractivity contribution in [2.45, 2.75) is 12.5 Å². The van der Waals surface area contributed by atoms with Gasteiger partial charge in [-0.05, 0) is 12.1 Å². The summed E-state index contributed by atoms with van der Waals surface area (Å²) in [6.07, 6.45) is -0.507. The second-order valence-corrected chi connectivity index (χ2v) is 4.18. The van der Waals surface area contributed by atoms with Crippen LogP contribution in [0.2, 0.25) is 0 Å². The fourth-order valence-electron chi connectivity index (χ4n) is 1.81. The highest BCUT2D eigenvalue weighted by Crippen LogP contribution is 2.14. The maximum atomic E-state index is 9.48.